The maximum absolute atomic E-state index is 2.46. The second-order valence-electron chi connectivity index (χ2n) is 3.92. The lowest BCUT2D eigenvalue weighted by Gasteiger charge is -2.13. The minimum Gasteiger partial charge on any atom is -0.0622 e. The lowest BCUT2D eigenvalue weighted by molar-refractivity contribution is 0.615. The number of benzene rings is 1. The predicted octanol–water partition coefficient (Wildman–Crippen LogP) is 3.94. The van der Waals surface area contributed by atoms with Gasteiger partial charge in [-0.2, -0.15) is 0 Å². The van der Waals surface area contributed by atoms with Gasteiger partial charge in [0.05, 0.1) is 0 Å². The van der Waals surface area contributed by atoms with Gasteiger partial charge < -0.3 is 0 Å². The van der Waals surface area contributed by atoms with Gasteiger partial charge in [0.15, 0.2) is 0 Å². The molecule has 0 bridgehead atoms. The first-order chi connectivity index (χ1) is 6.47. The molecule has 0 aromatic heterocycles. The monoisotopic (exact) mass is 173 g/mol. The molecule has 0 heteroatoms. The second kappa shape index (κ2) is 4.45. The van der Waals surface area contributed by atoms with E-state index in [4.69, 9.17) is 0 Å². The fourth-order valence-electron chi connectivity index (χ4n) is 2.14. The minimum atomic E-state index is 0.795. The van der Waals surface area contributed by atoms with Crippen molar-refractivity contribution in [3.8, 4) is 0 Å². The van der Waals surface area contributed by atoms with Crippen molar-refractivity contribution in [2.24, 2.45) is 0 Å². The molecular formula is C13H17. The summed E-state index contributed by atoms with van der Waals surface area (Å²) in [6.07, 6.45) is 9.23. The summed E-state index contributed by atoms with van der Waals surface area (Å²) in [6, 6.07) is 10.9. The van der Waals surface area contributed by atoms with Crippen molar-refractivity contribution in [3.05, 3.63) is 42.3 Å². The van der Waals surface area contributed by atoms with Crippen molar-refractivity contribution in [3.63, 3.8) is 0 Å². The molecule has 0 spiro atoms. The summed E-state index contributed by atoms with van der Waals surface area (Å²) in [4.78, 5) is 0. The van der Waals surface area contributed by atoms with Gasteiger partial charge >= 0.3 is 0 Å². The van der Waals surface area contributed by atoms with Gasteiger partial charge in [-0.25, -0.2) is 0 Å². The van der Waals surface area contributed by atoms with E-state index in [1.165, 1.54) is 37.7 Å². The van der Waals surface area contributed by atoms with Crippen LogP contribution >= 0.6 is 0 Å². The molecule has 69 valence electrons. The summed E-state index contributed by atoms with van der Waals surface area (Å²) in [5.41, 5.74) is 1.53. The predicted molar refractivity (Wildman–Crippen MR) is 56.6 cm³/mol. The number of hydrogen-bond donors (Lipinski definition) is 0. The Morgan fingerprint density at radius 3 is 2.69 bits per heavy atom. The maximum Gasteiger partial charge on any atom is -0.0159 e. The van der Waals surface area contributed by atoms with Crippen LogP contribution in [0.4, 0.5) is 0 Å². The van der Waals surface area contributed by atoms with Crippen LogP contribution in [0, 0.1) is 6.42 Å². The highest BCUT2D eigenvalue weighted by Gasteiger charge is 2.13. The molecule has 0 heterocycles. The molecule has 0 aliphatic heterocycles. The molecule has 0 nitrogen and oxygen atoms in total. The molecule has 1 aliphatic rings. The number of hydrogen-bond acceptors (Lipinski definition) is 0. The van der Waals surface area contributed by atoms with E-state index in [1.807, 2.05) is 0 Å². The highest BCUT2D eigenvalue weighted by atomic mass is 14.2. The molecule has 2 rings (SSSR count). The Morgan fingerprint density at radius 1 is 1.00 bits per heavy atom. The molecular weight excluding hydrogens is 156 g/mol. The van der Waals surface area contributed by atoms with Gasteiger partial charge in [-0.3, -0.25) is 0 Å². The molecule has 13 heavy (non-hydrogen) atoms. The first-order valence-electron chi connectivity index (χ1n) is 5.33. The zero-order valence-corrected chi connectivity index (χ0v) is 8.08. The average molecular weight is 173 g/mol. The van der Waals surface area contributed by atoms with Crippen LogP contribution in [0.2, 0.25) is 0 Å². The van der Waals surface area contributed by atoms with E-state index in [0.29, 0.717) is 0 Å². The fourth-order valence-corrected chi connectivity index (χ4v) is 2.14. The van der Waals surface area contributed by atoms with Gasteiger partial charge in [-0.15, -0.1) is 0 Å². The molecule has 1 aromatic carbocycles. The van der Waals surface area contributed by atoms with Gasteiger partial charge in [-0.05, 0) is 30.7 Å². The quantitative estimate of drug-likeness (QED) is 0.564. The summed E-state index contributed by atoms with van der Waals surface area (Å²) in [6.45, 7) is 0. The van der Waals surface area contributed by atoms with E-state index >= 15 is 0 Å². The van der Waals surface area contributed by atoms with Crippen LogP contribution in [0.3, 0.4) is 0 Å². The van der Waals surface area contributed by atoms with Gasteiger partial charge in [0.2, 0.25) is 0 Å². The van der Waals surface area contributed by atoms with Crippen LogP contribution in [0.1, 0.15) is 43.6 Å². The Kier molecular flexibility index (Phi) is 3.02. The van der Waals surface area contributed by atoms with E-state index in [1.54, 1.807) is 0 Å². The molecule has 1 aliphatic carbocycles. The second-order valence-corrected chi connectivity index (χ2v) is 3.92. The van der Waals surface area contributed by atoms with Gasteiger partial charge in [0.25, 0.3) is 0 Å². The summed E-state index contributed by atoms with van der Waals surface area (Å²) in [7, 11) is 0. The molecule has 1 atom stereocenters. The smallest absolute Gasteiger partial charge is 0.0159 e. The zero-order valence-electron chi connectivity index (χ0n) is 8.08. The Labute approximate surface area is 81.0 Å². The number of rotatable bonds is 1. The van der Waals surface area contributed by atoms with Crippen molar-refractivity contribution in [1.82, 2.24) is 0 Å². The van der Waals surface area contributed by atoms with Crippen LogP contribution in [0.5, 0.6) is 0 Å². The van der Waals surface area contributed by atoms with Crippen molar-refractivity contribution >= 4 is 0 Å². The molecule has 0 N–H and O–H groups in total. The molecule has 0 saturated heterocycles. The molecule has 1 radical (unpaired) electrons. The maximum atomic E-state index is 2.46. The Bertz CT molecular complexity index is 229. The molecule has 1 unspecified atom stereocenters. The van der Waals surface area contributed by atoms with Gasteiger partial charge in [-0.1, -0.05) is 49.6 Å². The molecule has 1 aromatic rings. The first-order valence-corrected chi connectivity index (χ1v) is 5.33. The third-order valence-electron chi connectivity index (χ3n) is 2.93. The lowest BCUT2D eigenvalue weighted by atomic mass is 9.92. The Hall–Kier alpha value is -0.780. The van der Waals surface area contributed by atoms with Crippen molar-refractivity contribution in [1.29, 1.82) is 0 Å². The van der Waals surface area contributed by atoms with E-state index < -0.39 is 0 Å². The average Bonchev–Trinajstić information content (AvgIpc) is 2.47. The summed E-state index contributed by atoms with van der Waals surface area (Å²) in [5, 5.41) is 0. The van der Waals surface area contributed by atoms with Crippen molar-refractivity contribution in [2.45, 2.75) is 38.0 Å². The minimum absolute atomic E-state index is 0.795. The molecule has 1 saturated carbocycles. The zero-order chi connectivity index (χ0) is 8.93. The topological polar surface area (TPSA) is 0 Å². The van der Waals surface area contributed by atoms with Gasteiger partial charge in [0.1, 0.15) is 0 Å². The Balaban J connectivity index is 2.06. The fraction of sp³-hybridized carbons (Fsp3) is 0.462. The van der Waals surface area contributed by atoms with Crippen LogP contribution in [0.15, 0.2) is 30.3 Å². The molecule has 1 fully saturated rings. The third kappa shape index (κ3) is 2.33. The van der Waals surface area contributed by atoms with Crippen LogP contribution in [-0.4, -0.2) is 0 Å². The van der Waals surface area contributed by atoms with Gasteiger partial charge in [0, 0.05) is 0 Å². The SMILES string of the molecule is [CH]1CCCCC(c2ccccc2)C1. The van der Waals surface area contributed by atoms with Crippen molar-refractivity contribution < 1.29 is 0 Å². The standard InChI is InChI=1S/C13H17/c1-2-5-9-12(8-4-1)13-10-6-3-7-11-13/h3-4,6-7,10-12H,1-2,5,8-9H2. The summed E-state index contributed by atoms with van der Waals surface area (Å²) >= 11 is 0. The van der Waals surface area contributed by atoms with E-state index in [2.05, 4.69) is 36.8 Å². The van der Waals surface area contributed by atoms with Crippen molar-refractivity contribution in [2.75, 3.05) is 0 Å². The third-order valence-corrected chi connectivity index (χ3v) is 2.93. The summed E-state index contributed by atoms with van der Waals surface area (Å²) < 4.78 is 0. The van der Waals surface area contributed by atoms with E-state index in [0.717, 1.165) is 5.92 Å². The Morgan fingerprint density at radius 2 is 1.85 bits per heavy atom. The summed E-state index contributed by atoms with van der Waals surface area (Å²) in [5.74, 6) is 0.795. The van der Waals surface area contributed by atoms with E-state index in [-0.39, 0.29) is 0 Å². The molecule has 0 amide bonds. The lowest BCUT2D eigenvalue weighted by Crippen LogP contribution is -1.96. The first kappa shape index (κ1) is 8.80. The largest absolute Gasteiger partial charge is 0.0622 e. The van der Waals surface area contributed by atoms with Crippen LogP contribution in [-0.2, 0) is 0 Å². The van der Waals surface area contributed by atoms with Crippen LogP contribution < -0.4 is 0 Å². The highest BCUT2D eigenvalue weighted by Crippen LogP contribution is 2.30. The highest BCUT2D eigenvalue weighted by molar-refractivity contribution is 5.20. The normalized spacial score (nSPS) is 19.7. The van der Waals surface area contributed by atoms with E-state index in [9.17, 15) is 0 Å². The van der Waals surface area contributed by atoms with Crippen LogP contribution in [0.25, 0.3) is 0 Å².